The van der Waals surface area contributed by atoms with Crippen LogP contribution in [0.4, 0.5) is 0 Å². The zero-order valence-corrected chi connectivity index (χ0v) is 6.76. The second-order valence-electron chi connectivity index (χ2n) is 2.47. The lowest BCUT2D eigenvalue weighted by Crippen LogP contribution is -2.20. The summed E-state index contributed by atoms with van der Waals surface area (Å²) in [5, 5.41) is 2.60. The summed E-state index contributed by atoms with van der Waals surface area (Å²) in [4.78, 5) is 23.8. The van der Waals surface area contributed by atoms with Gasteiger partial charge >= 0.3 is 0 Å². The molecule has 0 unspecified atom stereocenters. The summed E-state index contributed by atoms with van der Waals surface area (Å²) in [7, 11) is 0. The molecule has 0 fully saturated rings. The molecule has 12 heavy (non-hydrogen) atoms. The Morgan fingerprint density at radius 2 is 2.42 bits per heavy atom. The van der Waals surface area contributed by atoms with Crippen molar-refractivity contribution < 1.29 is 4.79 Å². The Morgan fingerprint density at radius 1 is 1.67 bits per heavy atom. The van der Waals surface area contributed by atoms with E-state index in [9.17, 15) is 9.59 Å². The van der Waals surface area contributed by atoms with Crippen LogP contribution >= 0.6 is 0 Å². The van der Waals surface area contributed by atoms with Gasteiger partial charge in [-0.05, 0) is 11.6 Å². The van der Waals surface area contributed by atoms with Crippen molar-refractivity contribution in [3.63, 3.8) is 0 Å². The topological polar surface area (TPSA) is 62.0 Å². The SMILES string of the molecule is CC(=O)NCc1cc[nH]c(=O)c1. The van der Waals surface area contributed by atoms with Crippen LogP contribution in [0.25, 0.3) is 0 Å². The summed E-state index contributed by atoms with van der Waals surface area (Å²) in [5.74, 6) is -0.102. The second kappa shape index (κ2) is 3.71. The molecule has 2 N–H and O–H groups in total. The molecule has 1 aromatic rings. The van der Waals surface area contributed by atoms with Gasteiger partial charge in [-0.2, -0.15) is 0 Å². The zero-order valence-electron chi connectivity index (χ0n) is 6.76. The van der Waals surface area contributed by atoms with Gasteiger partial charge in [0.05, 0.1) is 0 Å². The van der Waals surface area contributed by atoms with Crippen LogP contribution in [0.3, 0.4) is 0 Å². The van der Waals surface area contributed by atoms with Gasteiger partial charge in [-0.15, -0.1) is 0 Å². The van der Waals surface area contributed by atoms with Crippen molar-refractivity contribution >= 4 is 5.91 Å². The first-order valence-electron chi connectivity index (χ1n) is 3.60. The lowest BCUT2D eigenvalue weighted by molar-refractivity contribution is -0.119. The van der Waals surface area contributed by atoms with Crippen molar-refractivity contribution in [3.05, 3.63) is 34.2 Å². The van der Waals surface area contributed by atoms with Gasteiger partial charge in [0.25, 0.3) is 0 Å². The lowest BCUT2D eigenvalue weighted by Gasteiger charge is -1.99. The lowest BCUT2D eigenvalue weighted by atomic mass is 10.3. The first-order chi connectivity index (χ1) is 5.68. The van der Waals surface area contributed by atoms with Crippen molar-refractivity contribution in [1.29, 1.82) is 0 Å². The van der Waals surface area contributed by atoms with Crippen molar-refractivity contribution in [2.75, 3.05) is 0 Å². The average molecular weight is 166 g/mol. The standard InChI is InChI=1S/C8H10N2O2/c1-6(11)10-5-7-2-3-9-8(12)4-7/h2-4H,5H2,1H3,(H,9,12)(H,10,11). The molecule has 0 aliphatic carbocycles. The molecule has 4 nitrogen and oxygen atoms in total. The molecule has 0 bridgehead atoms. The molecule has 1 aromatic heterocycles. The number of carbonyl (C=O) groups excluding carboxylic acids is 1. The molecule has 1 amide bonds. The number of pyridine rings is 1. The van der Waals surface area contributed by atoms with Gasteiger partial charge in [-0.25, -0.2) is 0 Å². The fourth-order valence-corrected chi connectivity index (χ4v) is 0.825. The van der Waals surface area contributed by atoms with E-state index in [4.69, 9.17) is 0 Å². The van der Waals surface area contributed by atoms with Crippen LogP contribution < -0.4 is 10.9 Å². The number of rotatable bonds is 2. The van der Waals surface area contributed by atoms with Crippen LogP contribution in [0.5, 0.6) is 0 Å². The highest BCUT2D eigenvalue weighted by Crippen LogP contribution is 1.90. The van der Waals surface area contributed by atoms with E-state index < -0.39 is 0 Å². The molecule has 0 saturated carbocycles. The number of carbonyl (C=O) groups is 1. The quantitative estimate of drug-likeness (QED) is 0.650. The Morgan fingerprint density at radius 3 is 3.00 bits per heavy atom. The molecule has 0 spiro atoms. The third-order valence-corrected chi connectivity index (χ3v) is 1.38. The maximum atomic E-state index is 10.8. The number of H-pyrrole nitrogens is 1. The fourth-order valence-electron chi connectivity index (χ4n) is 0.825. The van der Waals surface area contributed by atoms with Gasteiger partial charge in [-0.3, -0.25) is 9.59 Å². The highest BCUT2D eigenvalue weighted by Gasteiger charge is 1.93. The van der Waals surface area contributed by atoms with Gasteiger partial charge in [0, 0.05) is 25.7 Å². The van der Waals surface area contributed by atoms with E-state index in [0.717, 1.165) is 5.56 Å². The van der Waals surface area contributed by atoms with Crippen LogP contribution in [0.2, 0.25) is 0 Å². The van der Waals surface area contributed by atoms with E-state index in [-0.39, 0.29) is 11.5 Å². The Hall–Kier alpha value is -1.58. The monoisotopic (exact) mass is 166 g/mol. The Balaban J connectivity index is 2.64. The molecule has 0 aliphatic heterocycles. The smallest absolute Gasteiger partial charge is 0.248 e. The minimum Gasteiger partial charge on any atom is -0.352 e. The van der Waals surface area contributed by atoms with E-state index in [0.29, 0.717) is 6.54 Å². The minimum absolute atomic E-state index is 0.102. The predicted molar refractivity (Wildman–Crippen MR) is 44.6 cm³/mol. The van der Waals surface area contributed by atoms with Crippen molar-refractivity contribution in [2.24, 2.45) is 0 Å². The summed E-state index contributed by atoms with van der Waals surface area (Å²) in [6.45, 7) is 1.84. The van der Waals surface area contributed by atoms with E-state index >= 15 is 0 Å². The third kappa shape index (κ3) is 2.57. The minimum atomic E-state index is -0.155. The van der Waals surface area contributed by atoms with Crippen molar-refractivity contribution in [3.8, 4) is 0 Å². The summed E-state index contributed by atoms with van der Waals surface area (Å²) in [6.07, 6.45) is 1.56. The van der Waals surface area contributed by atoms with Crippen molar-refractivity contribution in [2.45, 2.75) is 13.5 Å². The van der Waals surface area contributed by atoms with Gasteiger partial charge in [0.2, 0.25) is 11.5 Å². The predicted octanol–water partition coefficient (Wildman–Crippen LogP) is 0.0110. The Bertz CT molecular complexity index is 330. The van der Waals surface area contributed by atoms with E-state index in [2.05, 4.69) is 10.3 Å². The molecule has 0 atom stereocenters. The third-order valence-electron chi connectivity index (χ3n) is 1.38. The van der Waals surface area contributed by atoms with E-state index in [1.807, 2.05) is 0 Å². The zero-order chi connectivity index (χ0) is 8.97. The molecule has 64 valence electrons. The van der Waals surface area contributed by atoms with Crippen molar-refractivity contribution in [1.82, 2.24) is 10.3 Å². The molecule has 4 heteroatoms. The molecule has 0 saturated heterocycles. The summed E-state index contributed by atoms with van der Waals surface area (Å²) >= 11 is 0. The maximum Gasteiger partial charge on any atom is 0.248 e. The number of aromatic nitrogens is 1. The molecule has 0 aromatic carbocycles. The maximum absolute atomic E-state index is 10.8. The number of hydrogen-bond acceptors (Lipinski definition) is 2. The van der Waals surface area contributed by atoms with Crippen LogP contribution in [0.15, 0.2) is 23.1 Å². The first-order valence-corrected chi connectivity index (χ1v) is 3.60. The molecule has 0 aliphatic rings. The molecule has 1 heterocycles. The fraction of sp³-hybridized carbons (Fsp3) is 0.250. The molecular formula is C8H10N2O2. The largest absolute Gasteiger partial charge is 0.352 e. The Kier molecular flexibility index (Phi) is 2.63. The van der Waals surface area contributed by atoms with Crippen LogP contribution in [0.1, 0.15) is 12.5 Å². The summed E-state index contributed by atoms with van der Waals surface area (Å²) in [5.41, 5.74) is 0.645. The average Bonchev–Trinajstić information content (AvgIpc) is 2.01. The summed E-state index contributed by atoms with van der Waals surface area (Å²) in [6, 6.07) is 3.20. The highest BCUT2D eigenvalue weighted by molar-refractivity contribution is 5.72. The number of aromatic amines is 1. The molecular weight excluding hydrogens is 156 g/mol. The van der Waals surface area contributed by atoms with Gasteiger partial charge in [-0.1, -0.05) is 0 Å². The summed E-state index contributed by atoms with van der Waals surface area (Å²) < 4.78 is 0. The van der Waals surface area contributed by atoms with Gasteiger partial charge in [0.15, 0.2) is 0 Å². The normalized spacial score (nSPS) is 9.42. The van der Waals surface area contributed by atoms with Crippen LogP contribution in [-0.4, -0.2) is 10.9 Å². The van der Waals surface area contributed by atoms with E-state index in [1.165, 1.54) is 13.0 Å². The Labute approximate surface area is 69.6 Å². The number of hydrogen-bond donors (Lipinski definition) is 2. The molecule has 1 rings (SSSR count). The van der Waals surface area contributed by atoms with Gasteiger partial charge in [0.1, 0.15) is 0 Å². The number of amides is 1. The molecule has 0 radical (unpaired) electrons. The van der Waals surface area contributed by atoms with E-state index in [1.54, 1.807) is 12.3 Å². The van der Waals surface area contributed by atoms with Crippen LogP contribution in [0, 0.1) is 0 Å². The van der Waals surface area contributed by atoms with Crippen LogP contribution in [-0.2, 0) is 11.3 Å². The highest BCUT2D eigenvalue weighted by atomic mass is 16.1. The second-order valence-corrected chi connectivity index (χ2v) is 2.47. The first kappa shape index (κ1) is 8.52. The van der Waals surface area contributed by atoms with Gasteiger partial charge < -0.3 is 10.3 Å². The number of nitrogens with one attached hydrogen (secondary N) is 2.